The molecule has 6 nitrogen and oxygen atoms in total. The van der Waals surface area contributed by atoms with Gasteiger partial charge in [0, 0.05) is 0 Å². The first-order valence-electron chi connectivity index (χ1n) is 2.36. The number of hydrogen-bond donors (Lipinski definition) is 3. The Morgan fingerprint density at radius 2 is 2.00 bits per heavy atom. The maximum absolute atomic E-state index is 9.87. The summed E-state index contributed by atoms with van der Waals surface area (Å²) < 4.78 is 31.5. The van der Waals surface area contributed by atoms with Crippen molar-refractivity contribution in [3.63, 3.8) is 0 Å². The molecule has 0 aromatic rings. The summed E-state index contributed by atoms with van der Waals surface area (Å²) in [5, 5.41) is 16.6. The van der Waals surface area contributed by atoms with Crippen LogP contribution in [-0.4, -0.2) is 33.7 Å². The van der Waals surface area contributed by atoms with Crippen LogP contribution in [0.5, 0.6) is 0 Å². The molecule has 0 aliphatic heterocycles. The van der Waals surface area contributed by atoms with Crippen molar-refractivity contribution < 1.29 is 39.4 Å². The zero-order valence-electron chi connectivity index (χ0n) is 4.97. The van der Waals surface area contributed by atoms with Crippen molar-refractivity contribution in [1.29, 1.82) is 0 Å². The zero-order chi connectivity index (χ0) is 8.20. The average molecular weight is 192 g/mol. The molecule has 0 amide bonds. The van der Waals surface area contributed by atoms with E-state index in [1.165, 1.54) is 0 Å². The quantitative estimate of drug-likeness (QED) is 0.477. The van der Waals surface area contributed by atoms with Gasteiger partial charge in [-0.05, 0) is 0 Å². The van der Waals surface area contributed by atoms with E-state index in [2.05, 4.69) is 3.79 Å². The molecule has 0 rings (SSSR count). The zero-order valence-corrected chi connectivity index (χ0v) is 6.24. The normalized spacial score (nSPS) is 15.1. The van der Waals surface area contributed by atoms with Gasteiger partial charge in [-0.3, -0.25) is 0 Å². The van der Waals surface area contributed by atoms with Crippen molar-refractivity contribution in [2.75, 3.05) is 13.2 Å². The molecule has 0 bridgehead atoms. The van der Waals surface area contributed by atoms with Crippen LogP contribution in [0.15, 0.2) is 0 Å². The fraction of sp³-hybridized carbons (Fsp3) is 1.00. The van der Waals surface area contributed by atoms with Crippen LogP contribution < -0.4 is 0 Å². The van der Waals surface area contributed by atoms with Gasteiger partial charge in [0.15, 0.2) is 0 Å². The SMILES string of the molecule is [O]=[Cr](=[O])([OH])[O]CC(O)CO. The monoisotopic (exact) mass is 192 g/mol. The molecule has 0 fully saturated rings. The van der Waals surface area contributed by atoms with Crippen molar-refractivity contribution in [3.05, 3.63) is 0 Å². The summed E-state index contributed by atoms with van der Waals surface area (Å²) >= 11 is -5.17. The Bertz CT molecular complexity index is 171. The predicted octanol–water partition coefficient (Wildman–Crippen LogP) is -1.98. The molecule has 0 heterocycles. The van der Waals surface area contributed by atoms with E-state index in [-0.39, 0.29) is 0 Å². The standard InChI is InChI=1S/C3H7O3.Cr.H2O.2O/c4-1-3(6)2-5;;;;/h3-4,6H,1-2H2;;1H2;;/q-1;+2;;;/p-1. The molecule has 0 aliphatic carbocycles. The van der Waals surface area contributed by atoms with Gasteiger partial charge in [0.25, 0.3) is 0 Å². The van der Waals surface area contributed by atoms with Crippen LogP contribution >= 0.6 is 0 Å². The second-order valence-electron chi connectivity index (χ2n) is 1.55. The van der Waals surface area contributed by atoms with Gasteiger partial charge in [0.05, 0.1) is 0 Å². The van der Waals surface area contributed by atoms with Crippen LogP contribution in [-0.2, 0) is 25.0 Å². The summed E-state index contributed by atoms with van der Waals surface area (Å²) in [4.78, 5) is 0. The van der Waals surface area contributed by atoms with Crippen LogP contribution in [0, 0.1) is 0 Å². The molecule has 0 spiro atoms. The van der Waals surface area contributed by atoms with Gasteiger partial charge in [0.1, 0.15) is 0 Å². The Balaban J connectivity index is 3.56. The maximum atomic E-state index is 9.87. The van der Waals surface area contributed by atoms with Gasteiger partial charge in [-0.2, -0.15) is 0 Å². The predicted molar refractivity (Wildman–Crippen MR) is 22.6 cm³/mol. The number of aliphatic hydroxyl groups excluding tert-OH is 2. The molecule has 1 unspecified atom stereocenters. The van der Waals surface area contributed by atoms with E-state index in [1.807, 2.05) is 0 Å². The van der Waals surface area contributed by atoms with E-state index >= 15 is 0 Å². The fourth-order valence-corrected chi connectivity index (χ4v) is 0.731. The second-order valence-corrected chi connectivity index (χ2v) is 3.25. The Labute approximate surface area is 59.4 Å². The van der Waals surface area contributed by atoms with E-state index in [9.17, 15) is 7.61 Å². The summed E-state index contributed by atoms with van der Waals surface area (Å²) in [6.07, 6.45) is -1.27. The van der Waals surface area contributed by atoms with Gasteiger partial charge < -0.3 is 0 Å². The van der Waals surface area contributed by atoms with Crippen molar-refractivity contribution >= 4 is 0 Å². The summed E-state index contributed by atoms with van der Waals surface area (Å²) in [7, 11) is 0. The van der Waals surface area contributed by atoms with E-state index in [4.69, 9.17) is 14.4 Å². The Kier molecular flexibility index (Phi) is 3.97. The molecular formula is C3H8CrO6. The van der Waals surface area contributed by atoms with Gasteiger partial charge in [-0.15, -0.1) is 0 Å². The average Bonchev–Trinajstić information content (AvgIpc) is 1.81. The van der Waals surface area contributed by atoms with Gasteiger partial charge in [0.2, 0.25) is 0 Å². The molecule has 62 valence electrons. The van der Waals surface area contributed by atoms with E-state index in [0.717, 1.165) is 0 Å². The van der Waals surface area contributed by atoms with E-state index < -0.39 is 32.9 Å². The van der Waals surface area contributed by atoms with Crippen LogP contribution in [0.4, 0.5) is 0 Å². The molecule has 1 atom stereocenters. The van der Waals surface area contributed by atoms with Crippen molar-refractivity contribution in [2.45, 2.75) is 6.10 Å². The molecule has 10 heavy (non-hydrogen) atoms. The first-order valence-corrected chi connectivity index (χ1v) is 4.49. The van der Waals surface area contributed by atoms with Crippen molar-refractivity contribution in [2.24, 2.45) is 0 Å². The topological polar surface area (TPSA) is 104 Å². The summed E-state index contributed by atoms with van der Waals surface area (Å²) in [6, 6.07) is 0. The van der Waals surface area contributed by atoms with E-state index in [0.29, 0.717) is 0 Å². The number of hydrogen-bond acceptors (Lipinski definition) is 5. The minimum absolute atomic E-state index is 0.604. The van der Waals surface area contributed by atoms with Crippen LogP contribution in [0.1, 0.15) is 0 Å². The molecule has 0 radical (unpaired) electrons. The molecular weight excluding hydrogens is 184 g/mol. The second kappa shape index (κ2) is 3.98. The summed E-state index contributed by atoms with van der Waals surface area (Å²) in [5.74, 6) is 0. The molecule has 7 heteroatoms. The van der Waals surface area contributed by atoms with Gasteiger partial charge in [-0.1, -0.05) is 0 Å². The molecule has 0 saturated heterocycles. The molecule has 0 aromatic heterocycles. The first kappa shape index (κ1) is 9.97. The summed E-state index contributed by atoms with van der Waals surface area (Å²) in [6.45, 7) is -1.21. The van der Waals surface area contributed by atoms with Crippen molar-refractivity contribution in [1.82, 2.24) is 0 Å². The van der Waals surface area contributed by atoms with Crippen molar-refractivity contribution in [3.8, 4) is 0 Å². The van der Waals surface area contributed by atoms with Gasteiger partial charge >= 0.3 is 58.7 Å². The number of aliphatic hydroxyl groups is 2. The molecule has 0 aliphatic rings. The van der Waals surface area contributed by atoms with Crippen LogP contribution in [0.2, 0.25) is 0 Å². The minimum atomic E-state index is -5.17. The first-order chi connectivity index (χ1) is 4.45. The molecule has 3 N–H and O–H groups in total. The molecule has 0 aromatic carbocycles. The fourth-order valence-electron chi connectivity index (χ4n) is 0.217. The Morgan fingerprint density at radius 1 is 1.50 bits per heavy atom. The Morgan fingerprint density at radius 3 is 2.30 bits per heavy atom. The third-order valence-corrected chi connectivity index (χ3v) is 1.30. The third kappa shape index (κ3) is 6.10. The van der Waals surface area contributed by atoms with Crippen LogP contribution in [0.25, 0.3) is 0 Å². The van der Waals surface area contributed by atoms with Gasteiger partial charge in [-0.25, -0.2) is 0 Å². The van der Waals surface area contributed by atoms with Crippen LogP contribution in [0.3, 0.4) is 0 Å². The third-order valence-electron chi connectivity index (χ3n) is 0.620. The Hall–Kier alpha value is -0.0275. The summed E-state index contributed by atoms with van der Waals surface area (Å²) in [5.41, 5.74) is 0. The van der Waals surface area contributed by atoms with E-state index in [1.54, 1.807) is 0 Å². The molecule has 0 saturated carbocycles. The number of rotatable bonds is 4.